The standard InChI is InChI=1S/C17H14FN3O4/c1-10(22)19-13-9-20-6-7-21(8-11-2-4-12(18)5-3-11)17(25)14(20)16(24)15(13)23/h2-7,9,24H,8H2,1H3,(H,19,22). The van der Waals surface area contributed by atoms with Gasteiger partial charge in [0.2, 0.25) is 11.3 Å². The van der Waals surface area contributed by atoms with Crippen LogP contribution in [0.5, 0.6) is 5.75 Å². The summed E-state index contributed by atoms with van der Waals surface area (Å²) in [5.74, 6) is -1.60. The highest BCUT2D eigenvalue weighted by Crippen LogP contribution is 2.14. The highest BCUT2D eigenvalue weighted by atomic mass is 19.1. The van der Waals surface area contributed by atoms with Gasteiger partial charge < -0.3 is 19.4 Å². The van der Waals surface area contributed by atoms with Crippen molar-refractivity contribution in [2.24, 2.45) is 0 Å². The first-order chi connectivity index (χ1) is 11.9. The number of amides is 1. The van der Waals surface area contributed by atoms with E-state index in [1.165, 1.54) is 58.7 Å². The Balaban J connectivity index is 2.12. The van der Waals surface area contributed by atoms with Gasteiger partial charge in [0.05, 0.1) is 6.54 Å². The molecular formula is C17H14FN3O4. The summed E-state index contributed by atoms with van der Waals surface area (Å²) >= 11 is 0. The summed E-state index contributed by atoms with van der Waals surface area (Å²) in [6.07, 6.45) is 4.22. The van der Waals surface area contributed by atoms with Gasteiger partial charge in [-0.3, -0.25) is 14.4 Å². The number of nitrogens with zero attached hydrogens (tertiary/aromatic N) is 2. The maximum atomic E-state index is 13.0. The quantitative estimate of drug-likeness (QED) is 0.750. The molecule has 3 aromatic rings. The van der Waals surface area contributed by atoms with E-state index in [2.05, 4.69) is 5.32 Å². The average molecular weight is 343 g/mol. The minimum atomic E-state index is -0.841. The molecule has 128 valence electrons. The van der Waals surface area contributed by atoms with Crippen LogP contribution in [0.25, 0.3) is 5.52 Å². The molecule has 25 heavy (non-hydrogen) atoms. The van der Waals surface area contributed by atoms with Crippen molar-refractivity contribution < 1.29 is 14.3 Å². The van der Waals surface area contributed by atoms with Gasteiger partial charge in [-0.2, -0.15) is 0 Å². The largest absolute Gasteiger partial charge is 0.502 e. The summed E-state index contributed by atoms with van der Waals surface area (Å²) in [7, 11) is 0. The lowest BCUT2D eigenvalue weighted by atomic mass is 10.2. The first-order valence-corrected chi connectivity index (χ1v) is 7.36. The monoisotopic (exact) mass is 343 g/mol. The van der Waals surface area contributed by atoms with Gasteiger partial charge in [-0.25, -0.2) is 4.39 Å². The zero-order valence-corrected chi connectivity index (χ0v) is 13.2. The van der Waals surface area contributed by atoms with Crippen molar-refractivity contribution in [3.63, 3.8) is 0 Å². The van der Waals surface area contributed by atoms with Crippen LogP contribution in [0, 0.1) is 5.82 Å². The Kier molecular flexibility index (Phi) is 4.10. The van der Waals surface area contributed by atoms with Crippen LogP contribution in [-0.2, 0) is 11.3 Å². The lowest BCUT2D eigenvalue weighted by molar-refractivity contribution is -0.114. The Morgan fingerprint density at radius 1 is 1.20 bits per heavy atom. The second kappa shape index (κ2) is 6.23. The molecule has 2 aromatic heterocycles. The van der Waals surface area contributed by atoms with Gasteiger partial charge in [-0.1, -0.05) is 12.1 Å². The van der Waals surface area contributed by atoms with Crippen LogP contribution in [0.1, 0.15) is 12.5 Å². The Morgan fingerprint density at radius 3 is 2.52 bits per heavy atom. The number of anilines is 1. The van der Waals surface area contributed by atoms with Crippen LogP contribution in [0.4, 0.5) is 10.1 Å². The molecule has 2 N–H and O–H groups in total. The number of aromatic hydroxyl groups is 1. The highest BCUT2D eigenvalue weighted by Gasteiger charge is 2.15. The number of fused-ring (bicyclic) bond motifs is 1. The number of nitrogens with one attached hydrogen (secondary N) is 1. The van der Waals surface area contributed by atoms with E-state index in [-0.39, 0.29) is 23.6 Å². The normalized spacial score (nSPS) is 10.8. The van der Waals surface area contributed by atoms with Crippen LogP contribution in [0.2, 0.25) is 0 Å². The summed E-state index contributed by atoms with van der Waals surface area (Å²) in [6, 6.07) is 5.64. The lowest BCUT2D eigenvalue weighted by Gasteiger charge is -2.11. The zero-order chi connectivity index (χ0) is 18.1. The summed E-state index contributed by atoms with van der Waals surface area (Å²) in [4.78, 5) is 35.8. The van der Waals surface area contributed by atoms with Crippen LogP contribution in [-0.4, -0.2) is 20.0 Å². The summed E-state index contributed by atoms with van der Waals surface area (Å²) in [5, 5.41) is 12.4. The third-order valence-electron chi connectivity index (χ3n) is 3.66. The first kappa shape index (κ1) is 16.4. The number of benzene rings is 1. The van der Waals surface area contributed by atoms with Gasteiger partial charge in [0.25, 0.3) is 5.56 Å². The third-order valence-corrected chi connectivity index (χ3v) is 3.66. The molecule has 1 aromatic carbocycles. The topological polar surface area (TPSA) is 92.8 Å². The van der Waals surface area contributed by atoms with Crippen LogP contribution in [0.3, 0.4) is 0 Å². The van der Waals surface area contributed by atoms with Gasteiger partial charge in [0, 0.05) is 25.5 Å². The Hall–Kier alpha value is -3.42. The van der Waals surface area contributed by atoms with Crippen molar-refractivity contribution in [1.82, 2.24) is 8.97 Å². The number of hydrogen-bond acceptors (Lipinski definition) is 4. The maximum absolute atomic E-state index is 13.0. The summed E-state index contributed by atoms with van der Waals surface area (Å²) in [5.41, 5.74) is -1.07. The number of hydrogen-bond donors (Lipinski definition) is 2. The molecule has 0 unspecified atom stereocenters. The molecule has 0 fully saturated rings. The highest BCUT2D eigenvalue weighted by molar-refractivity contribution is 5.89. The Morgan fingerprint density at radius 2 is 1.88 bits per heavy atom. The predicted octanol–water partition coefficient (Wildman–Crippen LogP) is 1.31. The molecule has 3 rings (SSSR count). The molecule has 0 bridgehead atoms. The van der Waals surface area contributed by atoms with E-state index in [0.717, 1.165) is 0 Å². The molecule has 0 aliphatic carbocycles. The minimum absolute atomic E-state index is 0.127. The van der Waals surface area contributed by atoms with Crippen molar-refractivity contribution >= 4 is 17.1 Å². The SMILES string of the molecule is CC(=O)Nc1cn2ccn(Cc3ccc(F)cc3)c(=O)c2c(O)c1=O. The number of aromatic nitrogens is 2. The van der Waals surface area contributed by atoms with E-state index in [4.69, 9.17) is 0 Å². The number of halogens is 1. The van der Waals surface area contributed by atoms with Crippen molar-refractivity contribution in [2.45, 2.75) is 13.5 Å². The molecule has 0 saturated heterocycles. The molecular weight excluding hydrogens is 329 g/mol. The van der Waals surface area contributed by atoms with E-state index in [9.17, 15) is 23.9 Å². The van der Waals surface area contributed by atoms with Crippen LogP contribution < -0.4 is 16.3 Å². The number of pyridine rings is 1. The van der Waals surface area contributed by atoms with E-state index in [0.29, 0.717) is 5.56 Å². The van der Waals surface area contributed by atoms with Crippen molar-refractivity contribution in [3.05, 3.63) is 74.8 Å². The fraction of sp³-hybridized carbons (Fsp3) is 0.118. The Bertz CT molecular complexity index is 1080. The average Bonchev–Trinajstić information content (AvgIpc) is 2.56. The van der Waals surface area contributed by atoms with Crippen molar-refractivity contribution in [2.75, 3.05) is 5.32 Å². The maximum Gasteiger partial charge on any atom is 0.279 e. The number of carbonyl (C=O) groups excluding carboxylic acids is 1. The molecule has 0 spiro atoms. The van der Waals surface area contributed by atoms with Gasteiger partial charge in [-0.05, 0) is 17.7 Å². The van der Waals surface area contributed by atoms with Crippen molar-refractivity contribution in [1.29, 1.82) is 0 Å². The molecule has 2 heterocycles. The molecule has 0 saturated carbocycles. The van der Waals surface area contributed by atoms with Crippen LogP contribution >= 0.6 is 0 Å². The van der Waals surface area contributed by atoms with Crippen molar-refractivity contribution in [3.8, 4) is 5.75 Å². The lowest BCUT2D eigenvalue weighted by Crippen LogP contribution is -2.25. The second-order valence-electron chi connectivity index (χ2n) is 5.52. The summed E-state index contributed by atoms with van der Waals surface area (Å²) < 4.78 is 15.5. The van der Waals surface area contributed by atoms with Gasteiger partial charge in [0.15, 0.2) is 11.3 Å². The first-order valence-electron chi connectivity index (χ1n) is 7.36. The molecule has 0 aliphatic rings. The predicted molar refractivity (Wildman–Crippen MR) is 89.4 cm³/mol. The van der Waals surface area contributed by atoms with E-state index in [1.54, 1.807) is 0 Å². The molecule has 0 radical (unpaired) electrons. The molecule has 1 amide bonds. The number of carbonyl (C=O) groups is 1. The van der Waals surface area contributed by atoms with Gasteiger partial charge in [0.1, 0.15) is 11.5 Å². The fourth-order valence-corrected chi connectivity index (χ4v) is 2.49. The molecule has 8 heteroatoms. The van der Waals surface area contributed by atoms with Gasteiger partial charge >= 0.3 is 0 Å². The van der Waals surface area contributed by atoms with E-state index in [1.807, 2.05) is 0 Å². The summed E-state index contributed by atoms with van der Waals surface area (Å²) in [6.45, 7) is 1.38. The molecule has 0 aliphatic heterocycles. The van der Waals surface area contributed by atoms with E-state index >= 15 is 0 Å². The smallest absolute Gasteiger partial charge is 0.279 e. The van der Waals surface area contributed by atoms with E-state index < -0.39 is 22.6 Å². The second-order valence-corrected chi connectivity index (χ2v) is 5.52. The third kappa shape index (κ3) is 3.14. The molecule has 0 atom stereocenters. The number of rotatable bonds is 3. The molecule has 7 nitrogen and oxygen atoms in total. The Labute approximate surface area is 140 Å². The van der Waals surface area contributed by atoms with Gasteiger partial charge in [-0.15, -0.1) is 0 Å². The van der Waals surface area contributed by atoms with Crippen LogP contribution in [0.15, 0.2) is 52.4 Å². The minimum Gasteiger partial charge on any atom is -0.502 e. The zero-order valence-electron chi connectivity index (χ0n) is 13.2. The fourth-order valence-electron chi connectivity index (χ4n) is 2.49.